The fraction of sp³-hybridized carbons (Fsp3) is 0.714. The zero-order valence-electron chi connectivity index (χ0n) is 12.2. The highest BCUT2D eigenvalue weighted by molar-refractivity contribution is 9.10. The van der Waals surface area contributed by atoms with Crippen LogP contribution in [-0.4, -0.2) is 30.3 Å². The van der Waals surface area contributed by atoms with Crippen LogP contribution in [0.3, 0.4) is 0 Å². The number of hydrogen-bond donors (Lipinski definition) is 1. The van der Waals surface area contributed by atoms with Gasteiger partial charge in [-0.1, -0.05) is 26.1 Å². The van der Waals surface area contributed by atoms with Gasteiger partial charge in [-0.25, -0.2) is 4.98 Å². The van der Waals surface area contributed by atoms with Gasteiger partial charge in [0.05, 0.1) is 4.47 Å². The first-order chi connectivity index (χ1) is 9.48. The van der Waals surface area contributed by atoms with Gasteiger partial charge in [-0.3, -0.25) is 0 Å². The lowest BCUT2D eigenvalue weighted by molar-refractivity contribution is -0.100. The van der Waals surface area contributed by atoms with Gasteiger partial charge in [0.1, 0.15) is 16.1 Å². The summed E-state index contributed by atoms with van der Waals surface area (Å²) in [5.41, 5.74) is 0.691. The Balaban J connectivity index is 2.45. The van der Waals surface area contributed by atoms with E-state index in [-0.39, 0.29) is 0 Å². The van der Waals surface area contributed by atoms with Gasteiger partial charge >= 0.3 is 0 Å². The highest BCUT2D eigenvalue weighted by Gasteiger charge is 2.37. The van der Waals surface area contributed by atoms with E-state index in [1.165, 1.54) is 0 Å². The van der Waals surface area contributed by atoms with Gasteiger partial charge in [-0.05, 0) is 28.3 Å². The maximum atomic E-state index is 5.78. The van der Waals surface area contributed by atoms with Crippen LogP contribution in [0.4, 0.5) is 0 Å². The monoisotopic (exact) mass is 360 g/mol. The largest absolute Gasteiger partial charge is 0.381 e. The Labute approximate surface area is 133 Å². The maximum absolute atomic E-state index is 5.78. The molecule has 0 aliphatic carbocycles. The summed E-state index contributed by atoms with van der Waals surface area (Å²) in [5.74, 6) is 1.37. The molecule has 0 aromatic carbocycles. The summed E-state index contributed by atoms with van der Waals surface area (Å²) < 4.78 is 12.7. The van der Waals surface area contributed by atoms with Gasteiger partial charge in [-0.15, -0.1) is 0 Å². The van der Waals surface area contributed by atoms with Crippen LogP contribution in [-0.2, 0) is 21.5 Å². The number of nitrogens with zero attached hydrogens (tertiary/aromatic N) is 1. The van der Waals surface area contributed by atoms with Gasteiger partial charge in [0.15, 0.2) is 0 Å². The highest BCUT2D eigenvalue weighted by atomic mass is 79.9. The molecule has 1 aromatic rings. The average Bonchev–Trinajstić information content (AvgIpc) is 2.44. The molecule has 0 atom stereocenters. The molecule has 4 nitrogen and oxygen atoms in total. The topological polar surface area (TPSA) is 47.1 Å². The molecular weight excluding hydrogens is 340 g/mol. The van der Waals surface area contributed by atoms with E-state index in [0.717, 1.165) is 35.3 Å². The van der Waals surface area contributed by atoms with Crippen LogP contribution in [0.15, 0.2) is 4.47 Å². The number of H-pyrrole nitrogens is 1. The molecule has 0 saturated carbocycles. The molecule has 112 valence electrons. The van der Waals surface area contributed by atoms with Crippen molar-refractivity contribution in [2.75, 3.05) is 20.3 Å². The van der Waals surface area contributed by atoms with Crippen LogP contribution in [0.5, 0.6) is 0 Å². The third kappa shape index (κ3) is 3.30. The molecule has 0 spiro atoms. The Morgan fingerprint density at radius 1 is 1.45 bits per heavy atom. The van der Waals surface area contributed by atoms with Crippen molar-refractivity contribution in [3.8, 4) is 0 Å². The first kappa shape index (κ1) is 16.1. The van der Waals surface area contributed by atoms with Crippen LogP contribution in [0.2, 0.25) is 0 Å². The zero-order valence-corrected chi connectivity index (χ0v) is 14.6. The van der Waals surface area contributed by atoms with E-state index in [9.17, 15) is 0 Å². The van der Waals surface area contributed by atoms with Crippen LogP contribution < -0.4 is 0 Å². The first-order valence-corrected chi connectivity index (χ1v) is 8.10. The van der Waals surface area contributed by atoms with E-state index < -0.39 is 5.60 Å². The predicted molar refractivity (Wildman–Crippen MR) is 84.4 cm³/mol. The van der Waals surface area contributed by atoms with E-state index >= 15 is 0 Å². The molecule has 1 fully saturated rings. The zero-order chi connectivity index (χ0) is 14.8. The van der Waals surface area contributed by atoms with E-state index in [0.29, 0.717) is 23.8 Å². The van der Waals surface area contributed by atoms with Gasteiger partial charge in [0.2, 0.25) is 0 Å². The van der Waals surface area contributed by atoms with Gasteiger partial charge in [-0.2, -0.15) is 0 Å². The smallest absolute Gasteiger partial charge is 0.144 e. The molecule has 6 heteroatoms. The lowest BCUT2D eigenvalue weighted by Gasteiger charge is -2.35. The van der Waals surface area contributed by atoms with Crippen molar-refractivity contribution in [2.45, 2.75) is 38.7 Å². The van der Waals surface area contributed by atoms with Crippen LogP contribution >= 0.6 is 28.1 Å². The maximum Gasteiger partial charge on any atom is 0.144 e. The Morgan fingerprint density at radius 2 is 2.10 bits per heavy atom. The molecule has 1 aliphatic rings. The lowest BCUT2D eigenvalue weighted by Crippen LogP contribution is -2.37. The van der Waals surface area contributed by atoms with Crippen LogP contribution in [0, 0.1) is 10.6 Å². The van der Waals surface area contributed by atoms with Gasteiger partial charge in [0, 0.05) is 38.9 Å². The van der Waals surface area contributed by atoms with Crippen LogP contribution in [0.25, 0.3) is 0 Å². The molecule has 1 saturated heterocycles. The number of nitrogens with one attached hydrogen (secondary N) is 1. The summed E-state index contributed by atoms with van der Waals surface area (Å²) >= 11 is 8.93. The molecule has 20 heavy (non-hydrogen) atoms. The number of methoxy groups -OCH3 is 1. The van der Waals surface area contributed by atoms with E-state index in [4.69, 9.17) is 21.7 Å². The average molecular weight is 361 g/mol. The summed E-state index contributed by atoms with van der Waals surface area (Å²) in [7, 11) is 1.73. The number of ether oxygens (including phenoxy) is 2. The summed E-state index contributed by atoms with van der Waals surface area (Å²) in [6, 6.07) is 0. The summed E-state index contributed by atoms with van der Waals surface area (Å²) in [5, 5.41) is 0. The number of halogens is 1. The first-order valence-electron chi connectivity index (χ1n) is 6.90. The molecule has 0 unspecified atom stereocenters. The number of aromatic nitrogens is 2. The number of rotatable bonds is 4. The van der Waals surface area contributed by atoms with E-state index in [1.54, 1.807) is 7.11 Å². The summed E-state index contributed by atoms with van der Waals surface area (Å²) in [6.07, 6.45) is 2.52. The molecule has 1 aromatic heterocycles. The Kier molecular flexibility index (Phi) is 5.34. The van der Waals surface area contributed by atoms with Crippen LogP contribution in [0.1, 0.15) is 38.2 Å². The van der Waals surface area contributed by atoms with Crippen molar-refractivity contribution >= 4 is 28.1 Å². The molecular formula is C14H21BrN2O2S. The van der Waals surface area contributed by atoms with Gasteiger partial charge < -0.3 is 14.5 Å². The standard InChI is InChI=1S/C14H21BrN2O2S/c1-9(2)8-10-11(15)12(20)17-13(16-10)14(18-3)4-6-19-7-5-14/h9H,4-8H2,1-3H3,(H,16,17,20). The summed E-state index contributed by atoms with van der Waals surface area (Å²) in [6.45, 7) is 5.74. The molecule has 0 radical (unpaired) electrons. The molecule has 2 heterocycles. The predicted octanol–water partition coefficient (Wildman–Crippen LogP) is 3.75. The fourth-order valence-corrected chi connectivity index (χ4v) is 3.07. The molecule has 1 N–H and O–H groups in total. The Bertz CT molecular complexity index is 524. The highest BCUT2D eigenvalue weighted by Crippen LogP contribution is 2.34. The second-order valence-corrected chi connectivity index (χ2v) is 6.77. The van der Waals surface area contributed by atoms with Crippen molar-refractivity contribution < 1.29 is 9.47 Å². The van der Waals surface area contributed by atoms with Crippen molar-refractivity contribution in [1.82, 2.24) is 9.97 Å². The molecule has 2 rings (SSSR count). The van der Waals surface area contributed by atoms with Crippen molar-refractivity contribution in [3.05, 3.63) is 20.6 Å². The second-order valence-electron chi connectivity index (χ2n) is 5.59. The minimum absolute atomic E-state index is 0.405. The number of aromatic amines is 1. The molecule has 0 bridgehead atoms. The normalized spacial score (nSPS) is 18.4. The molecule has 0 amide bonds. The lowest BCUT2D eigenvalue weighted by atomic mass is 9.92. The van der Waals surface area contributed by atoms with E-state index in [2.05, 4.69) is 39.7 Å². The minimum Gasteiger partial charge on any atom is -0.381 e. The quantitative estimate of drug-likeness (QED) is 0.830. The SMILES string of the molecule is COC1(c2nc(=S)c(Br)c(CC(C)C)[nH]2)CCOCC1. The third-order valence-corrected chi connectivity index (χ3v) is 5.08. The van der Waals surface area contributed by atoms with Crippen molar-refractivity contribution in [3.63, 3.8) is 0 Å². The Morgan fingerprint density at radius 3 is 2.65 bits per heavy atom. The second kappa shape index (κ2) is 6.64. The van der Waals surface area contributed by atoms with Gasteiger partial charge in [0.25, 0.3) is 0 Å². The third-order valence-electron chi connectivity index (χ3n) is 3.67. The van der Waals surface area contributed by atoms with Crippen molar-refractivity contribution in [1.29, 1.82) is 0 Å². The fourth-order valence-electron chi connectivity index (χ4n) is 2.51. The minimum atomic E-state index is -0.405. The summed E-state index contributed by atoms with van der Waals surface area (Å²) in [4.78, 5) is 7.98. The molecule has 1 aliphatic heterocycles. The van der Waals surface area contributed by atoms with E-state index in [1.807, 2.05) is 0 Å². The number of hydrogen-bond acceptors (Lipinski definition) is 4. The van der Waals surface area contributed by atoms with Crippen molar-refractivity contribution in [2.24, 2.45) is 5.92 Å². The Hall–Kier alpha value is -0.300.